The molecular weight excluding hydrogens is 228 g/mol. The van der Waals surface area contributed by atoms with E-state index in [2.05, 4.69) is 19.2 Å². The van der Waals surface area contributed by atoms with Crippen LogP contribution in [0.1, 0.15) is 53.4 Å². The van der Waals surface area contributed by atoms with Crippen molar-refractivity contribution in [3.63, 3.8) is 0 Å². The Morgan fingerprint density at radius 1 is 1.17 bits per heavy atom. The average Bonchev–Trinajstić information content (AvgIpc) is 2.30. The highest BCUT2D eigenvalue weighted by atomic mass is 16.2. The zero-order valence-electron chi connectivity index (χ0n) is 12.0. The zero-order valence-corrected chi connectivity index (χ0v) is 12.0. The molecule has 18 heavy (non-hydrogen) atoms. The van der Waals surface area contributed by atoms with Crippen LogP contribution in [0, 0.1) is 5.92 Å². The topological polar surface area (TPSA) is 49.4 Å². The van der Waals surface area contributed by atoms with Gasteiger partial charge in [0.1, 0.15) is 12.1 Å². The van der Waals surface area contributed by atoms with Gasteiger partial charge in [-0.05, 0) is 18.8 Å². The molecule has 0 saturated carbocycles. The van der Waals surface area contributed by atoms with Gasteiger partial charge in [-0.3, -0.25) is 9.59 Å². The summed E-state index contributed by atoms with van der Waals surface area (Å²) in [6.45, 7) is 8.92. The van der Waals surface area contributed by atoms with E-state index in [1.165, 1.54) is 0 Å². The van der Waals surface area contributed by atoms with E-state index in [0.717, 1.165) is 25.7 Å². The highest BCUT2D eigenvalue weighted by Gasteiger charge is 2.39. The Bertz CT molecular complexity index is 302. The largest absolute Gasteiger partial charge is 0.343 e. The number of piperazine rings is 1. The number of nitrogens with one attached hydrogen (secondary N) is 1. The van der Waals surface area contributed by atoms with Crippen molar-refractivity contribution in [3.05, 3.63) is 0 Å². The van der Waals surface area contributed by atoms with Gasteiger partial charge in [-0.1, -0.05) is 40.5 Å². The minimum absolute atomic E-state index is 0.0237. The number of carbonyl (C=O) groups excluding carboxylic acids is 2. The van der Waals surface area contributed by atoms with E-state index in [1.54, 1.807) is 4.90 Å². The quantitative estimate of drug-likeness (QED) is 0.787. The predicted molar refractivity (Wildman–Crippen MR) is 72.1 cm³/mol. The van der Waals surface area contributed by atoms with Gasteiger partial charge in [-0.25, -0.2) is 0 Å². The standard InChI is InChI=1S/C14H26N2O2/c1-5-7-11-14(18)16(9-10(3)4)12(8-6-2)13(17)15-11/h10-12H,5-9H2,1-4H3,(H,15,17). The first kappa shape index (κ1) is 15.0. The molecule has 0 spiro atoms. The maximum Gasteiger partial charge on any atom is 0.245 e. The van der Waals surface area contributed by atoms with Crippen molar-refractivity contribution < 1.29 is 9.59 Å². The van der Waals surface area contributed by atoms with Crippen molar-refractivity contribution in [3.8, 4) is 0 Å². The maximum atomic E-state index is 12.4. The normalized spacial score (nSPS) is 24.6. The first-order valence-electron chi connectivity index (χ1n) is 7.12. The molecule has 0 aromatic rings. The zero-order chi connectivity index (χ0) is 13.7. The van der Waals surface area contributed by atoms with Crippen molar-refractivity contribution in [2.45, 2.75) is 65.5 Å². The van der Waals surface area contributed by atoms with Crippen LogP contribution in [0.5, 0.6) is 0 Å². The van der Waals surface area contributed by atoms with Gasteiger partial charge in [-0.2, -0.15) is 0 Å². The summed E-state index contributed by atoms with van der Waals surface area (Å²) in [5, 5.41) is 2.88. The molecule has 1 heterocycles. The van der Waals surface area contributed by atoms with E-state index >= 15 is 0 Å². The maximum absolute atomic E-state index is 12.4. The monoisotopic (exact) mass is 254 g/mol. The molecule has 1 fully saturated rings. The summed E-state index contributed by atoms with van der Waals surface area (Å²) in [6, 6.07) is -0.577. The van der Waals surface area contributed by atoms with Crippen LogP contribution in [-0.2, 0) is 9.59 Å². The lowest BCUT2D eigenvalue weighted by atomic mass is 9.99. The summed E-state index contributed by atoms with van der Waals surface area (Å²) in [4.78, 5) is 26.3. The fourth-order valence-corrected chi connectivity index (χ4v) is 2.48. The number of carbonyl (C=O) groups is 2. The molecule has 1 N–H and O–H groups in total. The third-order valence-electron chi connectivity index (χ3n) is 3.28. The highest BCUT2D eigenvalue weighted by molar-refractivity contribution is 5.96. The summed E-state index contributed by atoms with van der Waals surface area (Å²) in [7, 11) is 0. The molecule has 104 valence electrons. The molecule has 1 aliphatic rings. The third kappa shape index (κ3) is 3.47. The van der Waals surface area contributed by atoms with Crippen LogP contribution in [0.25, 0.3) is 0 Å². The van der Waals surface area contributed by atoms with Crippen molar-refractivity contribution in [1.82, 2.24) is 10.2 Å². The number of amides is 2. The molecule has 4 heteroatoms. The number of hydrogen-bond donors (Lipinski definition) is 1. The van der Waals surface area contributed by atoms with Crippen molar-refractivity contribution in [2.75, 3.05) is 6.54 Å². The van der Waals surface area contributed by atoms with E-state index in [-0.39, 0.29) is 23.9 Å². The number of nitrogens with zero attached hydrogens (tertiary/aromatic N) is 1. The second kappa shape index (κ2) is 6.76. The molecule has 0 radical (unpaired) electrons. The summed E-state index contributed by atoms with van der Waals surface area (Å²) >= 11 is 0. The number of rotatable bonds is 6. The molecule has 2 amide bonds. The molecule has 2 unspecified atom stereocenters. The molecule has 1 rings (SSSR count). The summed E-state index contributed by atoms with van der Waals surface area (Å²) in [6.07, 6.45) is 3.31. The van der Waals surface area contributed by atoms with E-state index in [9.17, 15) is 9.59 Å². The SMILES string of the molecule is CCCC1NC(=O)C(CCC)N(CC(C)C)C1=O. The van der Waals surface area contributed by atoms with Gasteiger partial charge in [0.15, 0.2) is 0 Å². The Labute approximate surface area is 110 Å². The first-order chi connectivity index (χ1) is 8.51. The summed E-state index contributed by atoms with van der Waals surface area (Å²) in [5.74, 6) is 0.514. The third-order valence-corrected chi connectivity index (χ3v) is 3.28. The Morgan fingerprint density at radius 2 is 1.78 bits per heavy atom. The highest BCUT2D eigenvalue weighted by Crippen LogP contribution is 2.18. The van der Waals surface area contributed by atoms with Crippen LogP contribution in [0.3, 0.4) is 0 Å². The average molecular weight is 254 g/mol. The minimum Gasteiger partial charge on any atom is -0.343 e. The fraction of sp³-hybridized carbons (Fsp3) is 0.857. The molecule has 0 aliphatic carbocycles. The Hall–Kier alpha value is -1.06. The van der Waals surface area contributed by atoms with Crippen LogP contribution in [-0.4, -0.2) is 35.3 Å². The van der Waals surface area contributed by atoms with Crippen LogP contribution in [0.2, 0.25) is 0 Å². The van der Waals surface area contributed by atoms with Crippen molar-refractivity contribution in [2.24, 2.45) is 5.92 Å². The molecule has 0 aromatic carbocycles. The van der Waals surface area contributed by atoms with Gasteiger partial charge in [0.2, 0.25) is 11.8 Å². The van der Waals surface area contributed by atoms with E-state index in [0.29, 0.717) is 12.5 Å². The van der Waals surface area contributed by atoms with Gasteiger partial charge < -0.3 is 10.2 Å². The number of hydrogen-bond acceptors (Lipinski definition) is 2. The van der Waals surface area contributed by atoms with Gasteiger partial charge in [-0.15, -0.1) is 0 Å². The molecule has 1 saturated heterocycles. The van der Waals surface area contributed by atoms with E-state index < -0.39 is 0 Å². The molecule has 4 nitrogen and oxygen atoms in total. The smallest absolute Gasteiger partial charge is 0.245 e. The van der Waals surface area contributed by atoms with Gasteiger partial charge in [0.25, 0.3) is 0 Å². The minimum atomic E-state index is -0.311. The predicted octanol–water partition coefficient (Wildman–Crippen LogP) is 1.94. The van der Waals surface area contributed by atoms with Crippen LogP contribution in [0.4, 0.5) is 0 Å². The molecule has 1 aliphatic heterocycles. The first-order valence-corrected chi connectivity index (χ1v) is 7.12. The lowest BCUT2D eigenvalue weighted by Crippen LogP contribution is -2.63. The lowest BCUT2D eigenvalue weighted by molar-refractivity contribution is -0.150. The Balaban J connectivity index is 2.85. The van der Waals surface area contributed by atoms with Gasteiger partial charge in [0.05, 0.1) is 0 Å². The molecular formula is C14H26N2O2. The van der Waals surface area contributed by atoms with E-state index in [4.69, 9.17) is 0 Å². The van der Waals surface area contributed by atoms with Crippen molar-refractivity contribution in [1.29, 1.82) is 0 Å². The van der Waals surface area contributed by atoms with Crippen LogP contribution < -0.4 is 5.32 Å². The van der Waals surface area contributed by atoms with Gasteiger partial charge in [0, 0.05) is 6.54 Å². The van der Waals surface area contributed by atoms with Crippen LogP contribution >= 0.6 is 0 Å². The second-order valence-electron chi connectivity index (χ2n) is 5.54. The van der Waals surface area contributed by atoms with Gasteiger partial charge >= 0.3 is 0 Å². The summed E-state index contributed by atoms with van der Waals surface area (Å²) in [5.41, 5.74) is 0. The molecule has 2 atom stereocenters. The fourth-order valence-electron chi connectivity index (χ4n) is 2.48. The van der Waals surface area contributed by atoms with Crippen LogP contribution in [0.15, 0.2) is 0 Å². The lowest BCUT2D eigenvalue weighted by Gasteiger charge is -2.40. The Morgan fingerprint density at radius 3 is 2.28 bits per heavy atom. The molecule has 0 bridgehead atoms. The second-order valence-corrected chi connectivity index (χ2v) is 5.54. The van der Waals surface area contributed by atoms with Crippen molar-refractivity contribution >= 4 is 11.8 Å². The Kier molecular flexibility index (Phi) is 5.63. The van der Waals surface area contributed by atoms with E-state index in [1.807, 2.05) is 13.8 Å². The summed E-state index contributed by atoms with van der Waals surface area (Å²) < 4.78 is 0. The molecule has 0 aromatic heterocycles.